The third-order valence-corrected chi connectivity index (χ3v) is 4.46. The van der Waals surface area contributed by atoms with Crippen molar-refractivity contribution in [1.29, 1.82) is 0 Å². The van der Waals surface area contributed by atoms with Crippen molar-refractivity contribution < 1.29 is 9.72 Å². The molecule has 0 saturated carbocycles. The van der Waals surface area contributed by atoms with Crippen LogP contribution in [0.15, 0.2) is 18.2 Å². The number of hydrogen-bond acceptors (Lipinski definition) is 3. The molecule has 2 rings (SSSR count). The van der Waals surface area contributed by atoms with Crippen LogP contribution >= 0.6 is 15.9 Å². The van der Waals surface area contributed by atoms with Gasteiger partial charge in [-0.25, -0.2) is 0 Å². The largest absolute Gasteiger partial charge is 0.335 e. The Balaban J connectivity index is 2.26. The van der Waals surface area contributed by atoms with Crippen LogP contribution in [0.2, 0.25) is 0 Å². The zero-order valence-corrected chi connectivity index (χ0v) is 12.9. The summed E-state index contributed by atoms with van der Waals surface area (Å²) < 4.78 is 0. The maximum atomic E-state index is 12.6. The van der Waals surface area contributed by atoms with Crippen LogP contribution < -0.4 is 0 Å². The molecule has 108 valence electrons. The molecule has 1 aromatic rings. The molecule has 0 radical (unpaired) electrons. The number of halogens is 1. The quantitative estimate of drug-likeness (QED) is 0.481. The van der Waals surface area contributed by atoms with Crippen molar-refractivity contribution in [3.63, 3.8) is 0 Å². The van der Waals surface area contributed by atoms with Crippen LogP contribution in [-0.2, 0) is 0 Å². The Kier molecular flexibility index (Phi) is 4.75. The fourth-order valence-corrected chi connectivity index (χ4v) is 3.26. The Morgan fingerprint density at radius 2 is 2.25 bits per heavy atom. The number of nitro groups is 1. The number of nitro benzene ring substituents is 1. The summed E-state index contributed by atoms with van der Waals surface area (Å²) in [6.07, 6.45) is 3.16. The molecule has 1 unspecified atom stereocenters. The third-order valence-electron chi connectivity index (χ3n) is 3.72. The molecule has 1 aromatic carbocycles. The second-order valence-electron chi connectivity index (χ2n) is 5.06. The number of nitrogens with zero attached hydrogens (tertiary/aromatic N) is 2. The van der Waals surface area contributed by atoms with Crippen LogP contribution in [0.25, 0.3) is 0 Å². The number of amides is 1. The molecule has 0 aromatic heterocycles. The molecule has 0 aliphatic carbocycles. The minimum atomic E-state index is -0.441. The van der Waals surface area contributed by atoms with Gasteiger partial charge >= 0.3 is 0 Å². The minimum absolute atomic E-state index is 0.0229. The number of carbonyl (C=O) groups is 1. The van der Waals surface area contributed by atoms with Crippen molar-refractivity contribution in [2.24, 2.45) is 0 Å². The molecule has 0 N–H and O–H groups in total. The van der Waals surface area contributed by atoms with Crippen molar-refractivity contribution in [3.05, 3.63) is 39.4 Å². The fourth-order valence-electron chi connectivity index (χ4n) is 2.58. The predicted molar refractivity (Wildman–Crippen MR) is 80.3 cm³/mol. The van der Waals surface area contributed by atoms with E-state index in [1.807, 2.05) is 4.90 Å². The molecule has 1 aliphatic heterocycles. The molecule has 1 heterocycles. The number of hydrogen-bond donors (Lipinski definition) is 0. The van der Waals surface area contributed by atoms with E-state index in [0.717, 1.165) is 31.1 Å². The molecule has 1 saturated heterocycles. The van der Waals surface area contributed by atoms with E-state index in [4.69, 9.17) is 0 Å². The number of carbonyl (C=O) groups excluding carboxylic acids is 1. The van der Waals surface area contributed by atoms with E-state index in [-0.39, 0.29) is 17.6 Å². The number of piperidine rings is 1. The summed E-state index contributed by atoms with van der Waals surface area (Å²) in [4.78, 5) is 24.8. The summed E-state index contributed by atoms with van der Waals surface area (Å²) in [7, 11) is 0. The van der Waals surface area contributed by atoms with Crippen molar-refractivity contribution in [3.8, 4) is 0 Å². The summed E-state index contributed by atoms with van der Waals surface area (Å²) >= 11 is 3.46. The molecular formula is C14H17BrN2O3. The topological polar surface area (TPSA) is 63.5 Å². The maximum Gasteiger partial charge on any atom is 0.269 e. The Morgan fingerprint density at radius 1 is 1.50 bits per heavy atom. The van der Waals surface area contributed by atoms with Gasteiger partial charge in [0.25, 0.3) is 11.6 Å². The Hall–Kier alpha value is -1.43. The highest BCUT2D eigenvalue weighted by molar-refractivity contribution is 9.09. The van der Waals surface area contributed by atoms with Gasteiger partial charge in [-0.05, 0) is 37.8 Å². The molecular weight excluding hydrogens is 324 g/mol. The maximum absolute atomic E-state index is 12.6. The summed E-state index contributed by atoms with van der Waals surface area (Å²) in [5.74, 6) is -0.0263. The molecule has 6 heteroatoms. The molecule has 1 fully saturated rings. The standard InChI is InChI=1S/C14H17BrN2O3/c1-10-8-11(17(19)20)5-6-13(10)14(18)16-7-3-2-4-12(16)9-15/h5-6,8,12H,2-4,7,9H2,1H3. The number of likely N-dealkylation sites (tertiary alicyclic amines) is 1. The van der Waals surface area contributed by atoms with E-state index >= 15 is 0 Å². The molecule has 1 aliphatic rings. The summed E-state index contributed by atoms with van der Waals surface area (Å²) in [6.45, 7) is 2.50. The van der Waals surface area contributed by atoms with Gasteiger partial charge in [0, 0.05) is 35.6 Å². The van der Waals surface area contributed by atoms with E-state index in [2.05, 4.69) is 15.9 Å². The van der Waals surface area contributed by atoms with Gasteiger partial charge in [-0.1, -0.05) is 15.9 Å². The van der Waals surface area contributed by atoms with Crippen molar-refractivity contribution in [2.75, 3.05) is 11.9 Å². The van der Waals surface area contributed by atoms with Crippen LogP contribution in [0.4, 0.5) is 5.69 Å². The molecule has 0 spiro atoms. The van der Waals surface area contributed by atoms with Gasteiger partial charge in [0.15, 0.2) is 0 Å². The van der Waals surface area contributed by atoms with E-state index in [1.165, 1.54) is 12.1 Å². The molecule has 5 nitrogen and oxygen atoms in total. The van der Waals surface area contributed by atoms with E-state index < -0.39 is 4.92 Å². The van der Waals surface area contributed by atoms with Gasteiger partial charge in [-0.3, -0.25) is 14.9 Å². The summed E-state index contributed by atoms with van der Waals surface area (Å²) in [5.41, 5.74) is 1.24. The highest BCUT2D eigenvalue weighted by atomic mass is 79.9. The van der Waals surface area contributed by atoms with Crippen molar-refractivity contribution in [2.45, 2.75) is 32.2 Å². The SMILES string of the molecule is Cc1cc([N+](=O)[O-])ccc1C(=O)N1CCCCC1CBr. The fraction of sp³-hybridized carbons (Fsp3) is 0.500. The van der Waals surface area contributed by atoms with Crippen molar-refractivity contribution in [1.82, 2.24) is 4.90 Å². The molecule has 20 heavy (non-hydrogen) atoms. The highest BCUT2D eigenvalue weighted by Crippen LogP contribution is 2.24. The minimum Gasteiger partial charge on any atom is -0.335 e. The van der Waals surface area contributed by atoms with E-state index in [9.17, 15) is 14.9 Å². The second-order valence-corrected chi connectivity index (χ2v) is 5.71. The number of non-ortho nitro benzene ring substituents is 1. The lowest BCUT2D eigenvalue weighted by Crippen LogP contribution is -2.44. The normalized spacial score (nSPS) is 18.9. The first kappa shape index (κ1) is 15.0. The van der Waals surface area contributed by atoms with Gasteiger partial charge in [0.1, 0.15) is 0 Å². The Labute approximate surface area is 126 Å². The Morgan fingerprint density at radius 3 is 2.85 bits per heavy atom. The van der Waals surface area contributed by atoms with E-state index in [0.29, 0.717) is 11.1 Å². The van der Waals surface area contributed by atoms with Crippen LogP contribution in [0, 0.1) is 17.0 Å². The molecule has 0 bridgehead atoms. The van der Waals surface area contributed by atoms with Gasteiger partial charge in [0.2, 0.25) is 0 Å². The zero-order valence-electron chi connectivity index (χ0n) is 11.3. The lowest BCUT2D eigenvalue weighted by Gasteiger charge is -2.35. The van der Waals surface area contributed by atoms with Gasteiger partial charge in [-0.15, -0.1) is 0 Å². The molecule has 1 amide bonds. The van der Waals surface area contributed by atoms with Crippen LogP contribution in [-0.4, -0.2) is 33.6 Å². The average molecular weight is 341 g/mol. The predicted octanol–water partition coefficient (Wildman–Crippen LogP) is 3.29. The van der Waals surface area contributed by atoms with Gasteiger partial charge in [-0.2, -0.15) is 0 Å². The number of alkyl halides is 1. The molecule has 1 atom stereocenters. The first-order valence-electron chi connectivity index (χ1n) is 6.66. The monoisotopic (exact) mass is 340 g/mol. The average Bonchev–Trinajstić information content (AvgIpc) is 2.46. The lowest BCUT2D eigenvalue weighted by molar-refractivity contribution is -0.384. The van der Waals surface area contributed by atoms with Gasteiger partial charge in [0.05, 0.1) is 4.92 Å². The summed E-state index contributed by atoms with van der Waals surface area (Å²) in [5, 5.41) is 11.5. The van der Waals surface area contributed by atoms with Crippen LogP contribution in [0.3, 0.4) is 0 Å². The van der Waals surface area contributed by atoms with E-state index in [1.54, 1.807) is 13.0 Å². The third kappa shape index (κ3) is 3.00. The Bertz CT molecular complexity index is 533. The van der Waals surface area contributed by atoms with Crippen LogP contribution in [0.1, 0.15) is 35.2 Å². The smallest absolute Gasteiger partial charge is 0.269 e. The van der Waals surface area contributed by atoms with Crippen molar-refractivity contribution >= 4 is 27.5 Å². The summed E-state index contributed by atoms with van der Waals surface area (Å²) in [6, 6.07) is 4.63. The number of rotatable bonds is 3. The number of benzene rings is 1. The van der Waals surface area contributed by atoms with Crippen LogP contribution in [0.5, 0.6) is 0 Å². The lowest BCUT2D eigenvalue weighted by atomic mass is 10.0. The zero-order chi connectivity index (χ0) is 14.7. The number of aryl methyl sites for hydroxylation is 1. The first-order valence-corrected chi connectivity index (χ1v) is 7.78. The van der Waals surface area contributed by atoms with Gasteiger partial charge < -0.3 is 4.90 Å². The first-order chi connectivity index (χ1) is 9.54. The second kappa shape index (κ2) is 6.35. The highest BCUT2D eigenvalue weighted by Gasteiger charge is 2.27.